The quantitative estimate of drug-likeness (QED) is 0.663. The third-order valence-electron chi connectivity index (χ3n) is 3.49. The van der Waals surface area contributed by atoms with E-state index in [0.29, 0.717) is 27.6 Å². The maximum absolute atomic E-state index is 12.9. The summed E-state index contributed by atoms with van der Waals surface area (Å²) in [6.07, 6.45) is -4.75. The van der Waals surface area contributed by atoms with Gasteiger partial charge in [0.25, 0.3) is 0 Å². The number of hydrogen-bond acceptors (Lipinski definition) is 4. The largest absolute Gasteiger partial charge is 0.454 e. The van der Waals surface area contributed by atoms with Crippen molar-refractivity contribution < 1.29 is 31.1 Å². The summed E-state index contributed by atoms with van der Waals surface area (Å²) in [5, 5.41) is -0.560. The molecule has 25 heavy (non-hydrogen) atoms. The van der Waals surface area contributed by atoms with Crippen LogP contribution in [-0.2, 0) is 21.8 Å². The third kappa shape index (κ3) is 3.73. The molecule has 0 unspecified atom stereocenters. The fraction of sp³-hybridized carbons (Fsp3) is 0.200. The second kappa shape index (κ2) is 6.37. The Hall–Kier alpha value is -1.45. The van der Waals surface area contributed by atoms with Gasteiger partial charge in [-0.2, -0.15) is 13.2 Å². The van der Waals surface area contributed by atoms with Crippen molar-refractivity contribution in [3.05, 3.63) is 51.0 Å². The number of halogens is 5. The molecule has 1 aliphatic rings. The fourth-order valence-corrected chi connectivity index (χ4v) is 4.53. The lowest BCUT2D eigenvalue weighted by atomic mass is 10.2. The monoisotopic (exact) mass is 456 g/mol. The average molecular weight is 458 g/mol. The van der Waals surface area contributed by atoms with E-state index in [9.17, 15) is 21.6 Å². The zero-order chi connectivity index (χ0) is 18.4. The van der Waals surface area contributed by atoms with E-state index in [4.69, 9.17) is 21.1 Å². The highest BCUT2D eigenvalue weighted by atomic mass is 79.9. The van der Waals surface area contributed by atoms with Crippen LogP contribution in [-0.4, -0.2) is 15.2 Å². The van der Waals surface area contributed by atoms with Crippen molar-refractivity contribution in [1.82, 2.24) is 0 Å². The molecule has 0 spiro atoms. The molecule has 2 aromatic rings. The Labute approximate surface area is 154 Å². The van der Waals surface area contributed by atoms with Crippen LogP contribution in [0.25, 0.3) is 0 Å². The highest BCUT2D eigenvalue weighted by Crippen LogP contribution is 2.39. The summed E-state index contributed by atoms with van der Waals surface area (Å²) < 4.78 is 74.7. The molecule has 0 aliphatic carbocycles. The van der Waals surface area contributed by atoms with Crippen LogP contribution in [0.5, 0.6) is 11.5 Å². The lowest BCUT2D eigenvalue weighted by Gasteiger charge is -2.12. The second-order valence-corrected chi connectivity index (χ2v) is 8.45. The summed E-state index contributed by atoms with van der Waals surface area (Å²) in [6.45, 7) is 0.0180. The van der Waals surface area contributed by atoms with E-state index in [2.05, 4.69) is 15.9 Å². The summed E-state index contributed by atoms with van der Waals surface area (Å²) in [6, 6.07) is 5.54. The number of benzene rings is 2. The zero-order valence-electron chi connectivity index (χ0n) is 12.2. The summed E-state index contributed by atoms with van der Waals surface area (Å²) in [5.41, 5.74) is -0.854. The summed E-state index contributed by atoms with van der Waals surface area (Å²) >= 11 is 8.76. The standard InChI is InChI=1S/C15H9BrClF3O4S/c16-11-5-14-13(23-7-24-14)3-8(11)6-25(21,22)9-1-2-12(17)10(4-9)15(18,19)20/h1-5H,6-7H2. The number of fused-ring (bicyclic) bond motifs is 1. The molecule has 0 atom stereocenters. The molecule has 4 nitrogen and oxygen atoms in total. The van der Waals surface area contributed by atoms with Crippen LogP contribution in [0.2, 0.25) is 5.02 Å². The minimum Gasteiger partial charge on any atom is -0.454 e. The minimum absolute atomic E-state index is 0.0180. The summed E-state index contributed by atoms with van der Waals surface area (Å²) in [4.78, 5) is -0.464. The first-order valence-corrected chi connectivity index (χ1v) is 9.58. The highest BCUT2D eigenvalue weighted by molar-refractivity contribution is 9.10. The molecule has 0 amide bonds. The molecule has 2 aromatic carbocycles. The van der Waals surface area contributed by atoms with Gasteiger partial charge in [0.05, 0.1) is 21.2 Å². The minimum atomic E-state index is -4.75. The Balaban J connectivity index is 1.98. The van der Waals surface area contributed by atoms with Gasteiger partial charge in [-0.15, -0.1) is 0 Å². The fourth-order valence-electron chi connectivity index (χ4n) is 2.27. The van der Waals surface area contributed by atoms with Crippen molar-refractivity contribution in [2.24, 2.45) is 0 Å². The molecule has 0 saturated carbocycles. The van der Waals surface area contributed by atoms with Crippen molar-refractivity contribution in [2.45, 2.75) is 16.8 Å². The van der Waals surface area contributed by atoms with Gasteiger partial charge in [-0.3, -0.25) is 0 Å². The number of ether oxygens (including phenoxy) is 2. The van der Waals surface area contributed by atoms with E-state index in [-0.39, 0.29) is 6.79 Å². The van der Waals surface area contributed by atoms with Crippen molar-refractivity contribution in [2.75, 3.05) is 6.79 Å². The molecule has 10 heteroatoms. The van der Waals surface area contributed by atoms with Crippen LogP contribution < -0.4 is 9.47 Å². The van der Waals surface area contributed by atoms with Crippen molar-refractivity contribution in [1.29, 1.82) is 0 Å². The van der Waals surface area contributed by atoms with Crippen molar-refractivity contribution in [3.63, 3.8) is 0 Å². The number of alkyl halides is 3. The normalized spacial score (nSPS) is 14.0. The average Bonchev–Trinajstić information content (AvgIpc) is 2.93. The predicted octanol–water partition coefficient (Wildman–Crippen LogP) is 4.82. The first kappa shape index (κ1) is 18.3. The molecule has 0 N–H and O–H groups in total. The Morgan fingerprint density at radius 1 is 1.12 bits per heavy atom. The molecule has 1 aliphatic heterocycles. The highest BCUT2D eigenvalue weighted by Gasteiger charge is 2.34. The first-order chi connectivity index (χ1) is 11.6. The molecular weight excluding hydrogens is 449 g/mol. The van der Waals surface area contributed by atoms with Crippen LogP contribution in [0.1, 0.15) is 11.1 Å². The number of hydrogen-bond donors (Lipinski definition) is 0. The Morgan fingerprint density at radius 3 is 2.40 bits per heavy atom. The molecule has 134 valence electrons. The van der Waals surface area contributed by atoms with Crippen LogP contribution in [0.3, 0.4) is 0 Å². The van der Waals surface area contributed by atoms with E-state index in [0.717, 1.165) is 12.1 Å². The molecule has 0 bridgehead atoms. The van der Waals surface area contributed by atoms with Crippen LogP contribution in [0, 0.1) is 0 Å². The first-order valence-electron chi connectivity index (χ1n) is 6.75. The Morgan fingerprint density at radius 2 is 1.76 bits per heavy atom. The molecule has 1 heterocycles. The smallest absolute Gasteiger partial charge is 0.417 e. The SMILES string of the molecule is O=S(=O)(Cc1cc2c(cc1Br)OCO2)c1ccc(Cl)c(C(F)(F)F)c1. The van der Waals surface area contributed by atoms with Gasteiger partial charge < -0.3 is 9.47 Å². The molecule has 3 rings (SSSR count). The van der Waals surface area contributed by atoms with Gasteiger partial charge in [0, 0.05) is 4.47 Å². The van der Waals surface area contributed by atoms with Gasteiger partial charge in [0.1, 0.15) is 0 Å². The number of rotatable bonds is 3. The summed E-state index contributed by atoms with van der Waals surface area (Å²) in [5.74, 6) is 0.322. The van der Waals surface area contributed by atoms with Crippen molar-refractivity contribution >= 4 is 37.4 Å². The van der Waals surface area contributed by atoms with E-state index < -0.39 is 37.2 Å². The van der Waals surface area contributed by atoms with Crippen LogP contribution >= 0.6 is 27.5 Å². The molecule has 0 radical (unpaired) electrons. The second-order valence-electron chi connectivity index (χ2n) is 5.20. The van der Waals surface area contributed by atoms with E-state index in [1.165, 1.54) is 6.07 Å². The molecule has 0 saturated heterocycles. The van der Waals surface area contributed by atoms with Gasteiger partial charge in [-0.25, -0.2) is 8.42 Å². The van der Waals surface area contributed by atoms with Crippen LogP contribution in [0.4, 0.5) is 13.2 Å². The van der Waals surface area contributed by atoms with E-state index in [1.54, 1.807) is 6.07 Å². The van der Waals surface area contributed by atoms with Crippen LogP contribution in [0.15, 0.2) is 39.7 Å². The van der Waals surface area contributed by atoms with Crippen molar-refractivity contribution in [3.8, 4) is 11.5 Å². The van der Waals surface area contributed by atoms with Gasteiger partial charge in [-0.1, -0.05) is 27.5 Å². The Bertz CT molecular complexity index is 945. The van der Waals surface area contributed by atoms with Gasteiger partial charge >= 0.3 is 6.18 Å². The molecule has 0 fully saturated rings. The summed E-state index contributed by atoms with van der Waals surface area (Å²) in [7, 11) is -4.04. The lowest BCUT2D eigenvalue weighted by Crippen LogP contribution is -2.10. The topological polar surface area (TPSA) is 52.6 Å². The van der Waals surface area contributed by atoms with Gasteiger partial charge in [-0.05, 0) is 35.9 Å². The zero-order valence-corrected chi connectivity index (χ0v) is 15.4. The van der Waals surface area contributed by atoms with Gasteiger partial charge in [0.2, 0.25) is 6.79 Å². The van der Waals surface area contributed by atoms with E-state index in [1.807, 2.05) is 0 Å². The predicted molar refractivity (Wildman–Crippen MR) is 87.6 cm³/mol. The maximum atomic E-state index is 12.9. The van der Waals surface area contributed by atoms with E-state index >= 15 is 0 Å². The maximum Gasteiger partial charge on any atom is 0.417 e. The lowest BCUT2D eigenvalue weighted by molar-refractivity contribution is -0.137. The molecular formula is C15H9BrClF3O4S. The van der Waals surface area contributed by atoms with Gasteiger partial charge in [0.15, 0.2) is 21.3 Å². The molecule has 0 aromatic heterocycles. The number of sulfone groups is 1. The third-order valence-corrected chi connectivity index (χ3v) is 6.22. The Kier molecular flexibility index (Phi) is 4.67.